The summed E-state index contributed by atoms with van der Waals surface area (Å²) in [6.07, 6.45) is 0. The second kappa shape index (κ2) is 6.60. The minimum atomic E-state index is 0.461. The summed E-state index contributed by atoms with van der Waals surface area (Å²) < 4.78 is 6.22. The molecule has 4 aromatic rings. The van der Waals surface area contributed by atoms with Crippen LogP contribution in [0.15, 0.2) is 42.5 Å². The number of hydrogen-bond donors (Lipinski definition) is 1. The van der Waals surface area contributed by atoms with Gasteiger partial charge in [0, 0.05) is 10.8 Å². The van der Waals surface area contributed by atoms with Crippen molar-refractivity contribution in [2.45, 2.75) is 6.92 Å². The Labute approximate surface area is 159 Å². The van der Waals surface area contributed by atoms with E-state index in [1.807, 2.05) is 42.5 Å². The normalized spacial score (nSPS) is 13.2. The van der Waals surface area contributed by atoms with Crippen LogP contribution in [0.2, 0.25) is 0 Å². The molecule has 6 heteroatoms. The molecular formula is C21H14N4OS. The first-order valence-corrected chi connectivity index (χ1v) is 9.05. The van der Waals surface area contributed by atoms with E-state index in [0.717, 1.165) is 32.1 Å². The summed E-state index contributed by atoms with van der Waals surface area (Å²) in [4.78, 5) is 7.91. The van der Waals surface area contributed by atoms with Crippen LogP contribution in [0, 0.1) is 22.7 Å². The molecule has 0 spiro atoms. The number of aromatic amines is 1. The number of methoxy groups -OCH3 is 1. The zero-order valence-corrected chi connectivity index (χ0v) is 15.5. The summed E-state index contributed by atoms with van der Waals surface area (Å²) in [5, 5.41) is 23.1. The Morgan fingerprint density at radius 2 is 1.81 bits per heavy atom. The molecule has 27 heavy (non-hydrogen) atoms. The average Bonchev–Trinajstić information content (AvgIpc) is 3.29. The van der Waals surface area contributed by atoms with Crippen LogP contribution in [0.5, 0.6) is 5.75 Å². The number of aromatic nitrogens is 2. The lowest BCUT2D eigenvalue weighted by Crippen LogP contribution is -2.14. The van der Waals surface area contributed by atoms with E-state index in [2.05, 4.69) is 22.1 Å². The van der Waals surface area contributed by atoms with E-state index in [4.69, 9.17) is 4.74 Å². The van der Waals surface area contributed by atoms with E-state index in [9.17, 15) is 10.5 Å². The standard InChI is InChI=1S/C21H14N4OS/c1-12(10-22)19-14-5-3-4-6-15(14)20(25-19)16(11-23)21-24-17-8-7-13(26-2)9-18(17)27-21/h3-9,25H,1-2H3/b19-12+,20-16-. The minimum Gasteiger partial charge on any atom is -0.497 e. The van der Waals surface area contributed by atoms with Crippen molar-refractivity contribution in [2.24, 2.45) is 0 Å². The van der Waals surface area contributed by atoms with E-state index in [1.54, 1.807) is 14.0 Å². The SMILES string of the molecule is COc1ccc2nc(/C(C#N)=c3\[nH]/c(=C(\C)C#N)c4ccccc34)sc2c1. The highest BCUT2D eigenvalue weighted by Crippen LogP contribution is 2.29. The maximum Gasteiger partial charge on any atom is 0.137 e. The van der Waals surface area contributed by atoms with Crippen LogP contribution in [0.1, 0.15) is 11.9 Å². The summed E-state index contributed by atoms with van der Waals surface area (Å²) in [6.45, 7) is 1.76. The Kier molecular flexibility index (Phi) is 4.12. The van der Waals surface area contributed by atoms with E-state index < -0.39 is 0 Å². The molecule has 0 saturated carbocycles. The highest BCUT2D eigenvalue weighted by atomic mass is 32.1. The third-order valence-electron chi connectivity index (χ3n) is 4.43. The largest absolute Gasteiger partial charge is 0.497 e. The van der Waals surface area contributed by atoms with Gasteiger partial charge in [-0.1, -0.05) is 24.3 Å². The number of fused-ring (bicyclic) bond motifs is 2. The number of rotatable bonds is 2. The average molecular weight is 370 g/mol. The van der Waals surface area contributed by atoms with Gasteiger partial charge in [0.2, 0.25) is 0 Å². The smallest absolute Gasteiger partial charge is 0.137 e. The van der Waals surface area contributed by atoms with Crippen molar-refractivity contribution < 1.29 is 4.74 Å². The maximum atomic E-state index is 9.89. The van der Waals surface area contributed by atoms with Crippen molar-refractivity contribution in [3.8, 4) is 17.9 Å². The van der Waals surface area contributed by atoms with Gasteiger partial charge >= 0.3 is 0 Å². The van der Waals surface area contributed by atoms with Gasteiger partial charge in [-0.25, -0.2) is 4.98 Å². The Balaban J connectivity index is 2.10. The van der Waals surface area contributed by atoms with Crippen molar-refractivity contribution in [3.05, 3.63) is 58.2 Å². The van der Waals surface area contributed by atoms with Gasteiger partial charge in [-0.2, -0.15) is 10.5 Å². The van der Waals surface area contributed by atoms with Gasteiger partial charge in [0.05, 0.1) is 39.7 Å². The first-order valence-electron chi connectivity index (χ1n) is 8.23. The van der Waals surface area contributed by atoms with Gasteiger partial charge in [0.15, 0.2) is 0 Å². The van der Waals surface area contributed by atoms with Gasteiger partial charge < -0.3 is 9.72 Å². The highest BCUT2D eigenvalue weighted by molar-refractivity contribution is 7.19. The Bertz CT molecular complexity index is 1400. The fraction of sp³-hybridized carbons (Fsp3) is 0.0952. The third-order valence-corrected chi connectivity index (χ3v) is 5.47. The quantitative estimate of drug-likeness (QED) is 0.587. The number of nitrogens with one attached hydrogen (secondary N) is 1. The third kappa shape index (κ3) is 2.73. The van der Waals surface area contributed by atoms with Crippen molar-refractivity contribution in [3.63, 3.8) is 0 Å². The molecule has 0 atom stereocenters. The van der Waals surface area contributed by atoms with Crippen LogP contribution in [0.4, 0.5) is 0 Å². The molecule has 0 saturated heterocycles. The molecule has 0 radical (unpaired) electrons. The molecule has 2 heterocycles. The predicted octanol–water partition coefficient (Wildman–Crippen LogP) is 3.20. The lowest BCUT2D eigenvalue weighted by atomic mass is 10.1. The fourth-order valence-corrected chi connectivity index (χ4v) is 4.07. The Morgan fingerprint density at radius 3 is 2.48 bits per heavy atom. The first-order chi connectivity index (χ1) is 13.2. The second-order valence-electron chi connectivity index (χ2n) is 6.00. The zero-order chi connectivity index (χ0) is 19.0. The van der Waals surface area contributed by atoms with Crippen LogP contribution in [0.25, 0.3) is 32.1 Å². The molecule has 0 amide bonds. The molecular weight excluding hydrogens is 356 g/mol. The number of ether oxygens (including phenoxy) is 1. The van der Waals surface area contributed by atoms with Gasteiger partial charge in [0.25, 0.3) is 0 Å². The molecule has 4 rings (SSSR count). The van der Waals surface area contributed by atoms with Crippen molar-refractivity contribution in [1.29, 1.82) is 10.5 Å². The molecule has 0 aliphatic rings. The molecule has 2 aromatic carbocycles. The fourth-order valence-electron chi connectivity index (χ4n) is 3.08. The van der Waals surface area contributed by atoms with E-state index in [-0.39, 0.29) is 0 Å². The van der Waals surface area contributed by atoms with Gasteiger partial charge in [-0.3, -0.25) is 0 Å². The molecule has 1 N–H and O–H groups in total. The van der Waals surface area contributed by atoms with E-state index in [1.165, 1.54) is 11.3 Å². The van der Waals surface area contributed by atoms with Crippen molar-refractivity contribution in [1.82, 2.24) is 9.97 Å². The van der Waals surface area contributed by atoms with Crippen molar-refractivity contribution in [2.75, 3.05) is 7.11 Å². The summed E-state index contributed by atoms with van der Waals surface area (Å²) in [6, 6.07) is 17.9. The molecule has 2 aromatic heterocycles. The number of nitrogens with zero attached hydrogens (tertiary/aromatic N) is 3. The van der Waals surface area contributed by atoms with E-state index >= 15 is 0 Å². The summed E-state index contributed by atoms with van der Waals surface area (Å²) in [5.74, 6) is 0.753. The number of thiazole rings is 1. The summed E-state index contributed by atoms with van der Waals surface area (Å²) in [5.41, 5.74) is 1.85. The van der Waals surface area contributed by atoms with Crippen molar-refractivity contribution >= 4 is 43.5 Å². The van der Waals surface area contributed by atoms with Crippen LogP contribution in [-0.2, 0) is 0 Å². The summed E-state index contributed by atoms with van der Waals surface area (Å²) in [7, 11) is 1.62. The Hall–Kier alpha value is -3.61. The lowest BCUT2D eigenvalue weighted by molar-refractivity contribution is 0.415. The maximum absolute atomic E-state index is 9.89. The predicted molar refractivity (Wildman–Crippen MR) is 107 cm³/mol. The molecule has 0 unspecified atom stereocenters. The number of nitriles is 2. The number of hydrogen-bond acceptors (Lipinski definition) is 5. The molecule has 0 bridgehead atoms. The van der Waals surface area contributed by atoms with Gasteiger partial charge in [-0.05, 0) is 25.1 Å². The molecule has 0 fully saturated rings. The monoisotopic (exact) mass is 370 g/mol. The molecule has 0 aliphatic heterocycles. The van der Waals surface area contributed by atoms with Crippen LogP contribution < -0.4 is 15.4 Å². The topological polar surface area (TPSA) is 85.5 Å². The molecule has 130 valence electrons. The van der Waals surface area contributed by atoms with Crippen LogP contribution in [-0.4, -0.2) is 17.1 Å². The zero-order valence-electron chi connectivity index (χ0n) is 14.7. The molecule has 0 aliphatic carbocycles. The second-order valence-corrected chi connectivity index (χ2v) is 7.03. The van der Waals surface area contributed by atoms with Crippen LogP contribution >= 0.6 is 11.3 Å². The van der Waals surface area contributed by atoms with Gasteiger partial charge in [0.1, 0.15) is 22.4 Å². The Morgan fingerprint density at radius 1 is 1.07 bits per heavy atom. The minimum absolute atomic E-state index is 0.461. The van der Waals surface area contributed by atoms with Crippen LogP contribution in [0.3, 0.4) is 0 Å². The van der Waals surface area contributed by atoms with Gasteiger partial charge in [-0.15, -0.1) is 11.3 Å². The molecule has 5 nitrogen and oxygen atoms in total. The number of H-pyrrole nitrogens is 1. The summed E-state index contributed by atoms with van der Waals surface area (Å²) >= 11 is 1.44. The number of benzene rings is 2. The lowest BCUT2D eigenvalue weighted by Gasteiger charge is -1.96. The highest BCUT2D eigenvalue weighted by Gasteiger charge is 2.14. The first kappa shape index (κ1) is 16.8. The van der Waals surface area contributed by atoms with E-state index in [0.29, 0.717) is 21.5 Å².